The van der Waals surface area contributed by atoms with Gasteiger partial charge in [-0.25, -0.2) is 17.6 Å². The highest BCUT2D eigenvalue weighted by molar-refractivity contribution is 5.05. The van der Waals surface area contributed by atoms with Crippen LogP contribution in [-0.2, 0) is 0 Å². The lowest BCUT2D eigenvalue weighted by Gasteiger charge is -2.44. The maximum atomic E-state index is 12.0. The van der Waals surface area contributed by atoms with Gasteiger partial charge in [0.15, 0.2) is 5.92 Å². The summed E-state index contributed by atoms with van der Waals surface area (Å²) in [6.07, 6.45) is -7.55. The zero-order valence-electron chi connectivity index (χ0n) is 5.43. The van der Waals surface area contributed by atoms with Gasteiger partial charge in [-0.05, 0) is 0 Å². The highest BCUT2D eigenvalue weighted by atomic mass is 19.4. The van der Waals surface area contributed by atoms with Crippen LogP contribution in [0, 0.1) is 5.92 Å². The average molecular weight is 196 g/mol. The van der Waals surface area contributed by atoms with Crippen molar-refractivity contribution in [2.24, 2.45) is 5.92 Å². The van der Waals surface area contributed by atoms with Crippen molar-refractivity contribution in [2.75, 3.05) is 0 Å². The van der Waals surface area contributed by atoms with E-state index in [9.17, 15) is 30.7 Å². The van der Waals surface area contributed by atoms with Crippen LogP contribution in [0.25, 0.3) is 0 Å². The van der Waals surface area contributed by atoms with Crippen molar-refractivity contribution < 1.29 is 30.7 Å². The smallest absolute Gasteiger partial charge is 0.206 e. The van der Waals surface area contributed by atoms with E-state index in [1.165, 1.54) is 0 Å². The van der Waals surface area contributed by atoms with Crippen LogP contribution in [0.1, 0.15) is 6.42 Å². The van der Waals surface area contributed by atoms with Gasteiger partial charge in [-0.2, -0.15) is 13.2 Å². The Bertz CT molecular complexity index is 162. The largest absolute Gasteiger partial charge is 0.403 e. The van der Waals surface area contributed by atoms with Crippen molar-refractivity contribution in [3.63, 3.8) is 0 Å². The van der Waals surface area contributed by atoms with Crippen LogP contribution in [0.2, 0.25) is 0 Å². The molecule has 0 saturated heterocycles. The molecular formula is C5H3F7. The molecule has 0 aromatic rings. The minimum Gasteiger partial charge on any atom is -0.206 e. The highest BCUT2D eigenvalue weighted by Crippen LogP contribution is 2.60. The Morgan fingerprint density at radius 2 is 1.25 bits per heavy atom. The standard InChI is InChI=1S/C5H3F7/c6-3(7)1-4(8,9)2(3)5(10,11)12/h2H,1H2. The first kappa shape index (κ1) is 9.60. The van der Waals surface area contributed by atoms with Gasteiger partial charge in [0.05, 0.1) is 6.42 Å². The van der Waals surface area contributed by atoms with Gasteiger partial charge in [0.25, 0.3) is 11.8 Å². The summed E-state index contributed by atoms with van der Waals surface area (Å²) >= 11 is 0. The molecule has 1 fully saturated rings. The summed E-state index contributed by atoms with van der Waals surface area (Å²) in [6.45, 7) is 0. The van der Waals surface area contributed by atoms with Crippen LogP contribution in [0.4, 0.5) is 30.7 Å². The Labute approximate surface area is 62.4 Å². The fourth-order valence-electron chi connectivity index (χ4n) is 1.18. The second kappa shape index (κ2) is 2.05. The van der Waals surface area contributed by atoms with Crippen LogP contribution < -0.4 is 0 Å². The van der Waals surface area contributed by atoms with Gasteiger partial charge < -0.3 is 0 Å². The summed E-state index contributed by atoms with van der Waals surface area (Å²) in [5.74, 6) is -12.4. The maximum absolute atomic E-state index is 12.0. The maximum Gasteiger partial charge on any atom is 0.403 e. The normalized spacial score (nSPS) is 28.2. The van der Waals surface area contributed by atoms with Gasteiger partial charge in [0.1, 0.15) is 0 Å². The van der Waals surface area contributed by atoms with Crippen molar-refractivity contribution in [1.82, 2.24) is 0 Å². The molecule has 0 atom stereocenters. The third-order valence-electron chi connectivity index (χ3n) is 1.64. The van der Waals surface area contributed by atoms with Crippen LogP contribution in [0.3, 0.4) is 0 Å². The molecule has 0 radical (unpaired) electrons. The molecule has 0 bridgehead atoms. The van der Waals surface area contributed by atoms with Gasteiger partial charge >= 0.3 is 6.18 Å². The van der Waals surface area contributed by atoms with Crippen LogP contribution >= 0.6 is 0 Å². The van der Waals surface area contributed by atoms with Crippen LogP contribution in [0.5, 0.6) is 0 Å². The third kappa shape index (κ3) is 1.25. The molecule has 0 spiro atoms. The first-order chi connectivity index (χ1) is 5.07. The zero-order valence-corrected chi connectivity index (χ0v) is 5.43. The fourth-order valence-corrected chi connectivity index (χ4v) is 1.18. The predicted molar refractivity (Wildman–Crippen MR) is 24.1 cm³/mol. The molecule has 12 heavy (non-hydrogen) atoms. The topological polar surface area (TPSA) is 0 Å². The van der Waals surface area contributed by atoms with E-state index in [2.05, 4.69) is 0 Å². The third-order valence-corrected chi connectivity index (χ3v) is 1.64. The van der Waals surface area contributed by atoms with Gasteiger partial charge in [-0.3, -0.25) is 0 Å². The molecule has 72 valence electrons. The first-order valence-electron chi connectivity index (χ1n) is 2.90. The second-order valence-corrected chi connectivity index (χ2v) is 2.67. The quantitative estimate of drug-likeness (QED) is 0.522. The molecule has 0 nitrogen and oxygen atoms in total. The molecule has 0 unspecified atom stereocenters. The molecule has 7 heteroatoms. The van der Waals surface area contributed by atoms with E-state index in [1.807, 2.05) is 0 Å². The molecule has 1 rings (SSSR count). The molecule has 1 aliphatic rings. The minimum atomic E-state index is -5.54. The lowest BCUT2D eigenvalue weighted by Crippen LogP contribution is -2.62. The molecule has 0 heterocycles. The lowest BCUT2D eigenvalue weighted by molar-refractivity contribution is -0.372. The summed E-state index contributed by atoms with van der Waals surface area (Å²) in [5.41, 5.74) is 0. The first-order valence-corrected chi connectivity index (χ1v) is 2.90. The summed E-state index contributed by atoms with van der Waals surface area (Å²) in [7, 11) is 0. The second-order valence-electron chi connectivity index (χ2n) is 2.67. The van der Waals surface area contributed by atoms with E-state index in [-0.39, 0.29) is 0 Å². The number of hydrogen-bond acceptors (Lipinski definition) is 0. The van der Waals surface area contributed by atoms with Gasteiger partial charge in [0, 0.05) is 0 Å². The van der Waals surface area contributed by atoms with Gasteiger partial charge in [-0.15, -0.1) is 0 Å². The minimum absolute atomic E-state index is 2.01. The molecule has 0 aromatic carbocycles. The monoisotopic (exact) mass is 196 g/mol. The molecule has 0 aromatic heterocycles. The number of hydrogen-bond donors (Lipinski definition) is 0. The predicted octanol–water partition coefficient (Wildman–Crippen LogP) is 2.84. The van der Waals surface area contributed by atoms with E-state index < -0.39 is 30.4 Å². The average Bonchev–Trinajstić information content (AvgIpc) is 1.48. The number of rotatable bonds is 0. The Balaban J connectivity index is 2.87. The van der Waals surface area contributed by atoms with Crippen molar-refractivity contribution in [3.8, 4) is 0 Å². The molecule has 1 aliphatic carbocycles. The van der Waals surface area contributed by atoms with E-state index >= 15 is 0 Å². The summed E-state index contributed by atoms with van der Waals surface area (Å²) in [6, 6.07) is 0. The van der Waals surface area contributed by atoms with E-state index in [0.29, 0.717) is 0 Å². The summed E-state index contributed by atoms with van der Waals surface area (Å²) < 4.78 is 82.6. The molecule has 1 saturated carbocycles. The Morgan fingerprint density at radius 1 is 0.917 bits per heavy atom. The molecule has 0 aliphatic heterocycles. The van der Waals surface area contributed by atoms with Crippen molar-refractivity contribution in [3.05, 3.63) is 0 Å². The molecule has 0 N–H and O–H groups in total. The number of alkyl halides is 7. The van der Waals surface area contributed by atoms with Gasteiger partial charge in [0.2, 0.25) is 0 Å². The SMILES string of the molecule is FC(F)(F)C1C(F)(F)CC1(F)F. The summed E-state index contributed by atoms with van der Waals surface area (Å²) in [4.78, 5) is 0. The van der Waals surface area contributed by atoms with Gasteiger partial charge in [-0.1, -0.05) is 0 Å². The van der Waals surface area contributed by atoms with E-state index in [1.54, 1.807) is 0 Å². The highest BCUT2D eigenvalue weighted by Gasteiger charge is 2.78. The molecular weight excluding hydrogens is 193 g/mol. The van der Waals surface area contributed by atoms with E-state index in [0.717, 1.165) is 0 Å². The van der Waals surface area contributed by atoms with Crippen LogP contribution in [-0.4, -0.2) is 18.0 Å². The lowest BCUT2D eigenvalue weighted by atomic mass is 9.76. The number of halogens is 7. The van der Waals surface area contributed by atoms with E-state index in [4.69, 9.17) is 0 Å². The van der Waals surface area contributed by atoms with Crippen LogP contribution in [0.15, 0.2) is 0 Å². The van der Waals surface area contributed by atoms with Crippen molar-refractivity contribution in [1.29, 1.82) is 0 Å². The Hall–Kier alpha value is -0.490. The Kier molecular flexibility index (Phi) is 1.64. The zero-order chi connectivity index (χ0) is 9.78. The Morgan fingerprint density at radius 3 is 1.33 bits per heavy atom. The fraction of sp³-hybridized carbons (Fsp3) is 1.00. The molecule has 0 amide bonds. The van der Waals surface area contributed by atoms with Crippen molar-refractivity contribution in [2.45, 2.75) is 24.4 Å². The summed E-state index contributed by atoms with van der Waals surface area (Å²) in [5, 5.41) is 0. The van der Waals surface area contributed by atoms with Crippen molar-refractivity contribution >= 4 is 0 Å².